The number of hydrogen-bond acceptors (Lipinski definition) is 3. The normalized spacial score (nSPS) is 13.1. The molecular formula is C18H35NaO3. The molecule has 0 radical (unpaired) electrons. The van der Waals surface area contributed by atoms with Crippen molar-refractivity contribution in [1.82, 2.24) is 0 Å². The van der Waals surface area contributed by atoms with Crippen LogP contribution >= 0.6 is 0 Å². The minimum absolute atomic E-state index is 0. The van der Waals surface area contributed by atoms with E-state index in [4.69, 9.17) is 4.74 Å². The third kappa shape index (κ3) is 11.7. The first-order valence-corrected chi connectivity index (χ1v) is 8.78. The van der Waals surface area contributed by atoms with Crippen LogP contribution in [0.25, 0.3) is 0 Å². The quantitative estimate of drug-likeness (QED) is 0.296. The Kier molecular flexibility index (Phi) is 17.8. The van der Waals surface area contributed by atoms with Crippen molar-refractivity contribution >= 4 is 11.8 Å². The van der Waals surface area contributed by atoms with Gasteiger partial charge in [0.1, 0.15) is 0 Å². The Morgan fingerprint density at radius 1 is 0.909 bits per heavy atom. The van der Waals surface area contributed by atoms with Crippen LogP contribution < -0.4 is 29.6 Å². The van der Waals surface area contributed by atoms with Crippen molar-refractivity contribution in [3.8, 4) is 0 Å². The second kappa shape index (κ2) is 16.0. The van der Waals surface area contributed by atoms with E-state index in [-0.39, 0.29) is 36.8 Å². The van der Waals surface area contributed by atoms with Crippen LogP contribution in [0.4, 0.5) is 0 Å². The van der Waals surface area contributed by atoms with Crippen LogP contribution in [-0.2, 0) is 14.3 Å². The zero-order chi connectivity index (χ0) is 16.1. The van der Waals surface area contributed by atoms with Gasteiger partial charge in [-0.2, -0.15) is 0 Å². The summed E-state index contributed by atoms with van der Waals surface area (Å²) < 4.78 is 5.22. The van der Waals surface area contributed by atoms with Gasteiger partial charge in [-0.15, -0.1) is 0 Å². The molecule has 0 amide bonds. The maximum absolute atomic E-state index is 11.9. The first kappa shape index (κ1) is 24.4. The molecular weight excluding hydrogens is 287 g/mol. The molecule has 0 aliphatic rings. The molecule has 0 aliphatic carbocycles. The Hall–Kier alpha value is 0.140. The molecule has 0 aromatic rings. The molecule has 0 aromatic heterocycles. The average Bonchev–Trinajstić information content (AvgIpc) is 2.50. The van der Waals surface area contributed by atoms with Gasteiger partial charge >= 0.3 is 35.5 Å². The van der Waals surface area contributed by atoms with Crippen molar-refractivity contribution in [2.75, 3.05) is 6.61 Å². The van der Waals surface area contributed by atoms with Crippen molar-refractivity contribution in [1.29, 1.82) is 0 Å². The molecule has 126 valence electrons. The second-order valence-corrected chi connectivity index (χ2v) is 6.06. The molecule has 0 bridgehead atoms. The van der Waals surface area contributed by atoms with Gasteiger partial charge in [-0.3, -0.25) is 4.79 Å². The summed E-state index contributed by atoms with van der Waals surface area (Å²) in [6.07, 6.45) is 8.95. The molecule has 2 atom stereocenters. The monoisotopic (exact) mass is 322 g/mol. The van der Waals surface area contributed by atoms with Crippen molar-refractivity contribution < 1.29 is 45.3 Å². The number of ketones is 1. The molecule has 0 saturated heterocycles. The maximum Gasteiger partial charge on any atom is 1.00 e. The zero-order valence-corrected chi connectivity index (χ0v) is 17.5. The molecule has 0 heterocycles. The van der Waals surface area contributed by atoms with Gasteiger partial charge in [0.2, 0.25) is 5.78 Å². The van der Waals surface area contributed by atoms with Gasteiger partial charge < -0.3 is 6.16 Å². The predicted octanol–water partition coefficient (Wildman–Crippen LogP) is 2.04. The van der Waals surface area contributed by atoms with E-state index in [0.29, 0.717) is 24.9 Å². The number of hydrogen-bond donors (Lipinski definition) is 0. The first-order chi connectivity index (χ1) is 10.1. The third-order valence-electron chi connectivity index (χ3n) is 4.24. The molecule has 4 heteroatoms. The molecule has 0 saturated carbocycles. The number of rotatable bonds is 13. The molecule has 0 fully saturated rings. The fourth-order valence-electron chi connectivity index (χ4n) is 2.46. The van der Waals surface area contributed by atoms with Crippen molar-refractivity contribution in [2.24, 2.45) is 11.8 Å². The van der Waals surface area contributed by atoms with Gasteiger partial charge in [-0.1, -0.05) is 72.6 Å². The third-order valence-corrected chi connectivity index (χ3v) is 4.24. The summed E-state index contributed by atoms with van der Waals surface area (Å²) in [6, 6.07) is 0. The second-order valence-electron chi connectivity index (χ2n) is 6.06. The van der Waals surface area contributed by atoms with Crippen LogP contribution in [0.5, 0.6) is 0 Å². The Bertz CT molecular complexity index is 298. The smallest absolute Gasteiger partial charge is 1.00 e. The van der Waals surface area contributed by atoms with E-state index in [2.05, 4.69) is 27.7 Å². The maximum atomic E-state index is 11.9. The van der Waals surface area contributed by atoms with E-state index < -0.39 is 5.97 Å². The number of Topliss-reactive ketones (excluding diaryl/α,β-unsaturated/α-hetero) is 1. The van der Waals surface area contributed by atoms with Crippen LogP contribution in [0.1, 0.15) is 86.9 Å². The van der Waals surface area contributed by atoms with Gasteiger partial charge in [-0.25, -0.2) is 4.79 Å². The summed E-state index contributed by atoms with van der Waals surface area (Å²) in [5.74, 6) is -0.251. The van der Waals surface area contributed by atoms with Crippen LogP contribution in [0, 0.1) is 11.8 Å². The Labute approximate surface area is 160 Å². The summed E-state index contributed by atoms with van der Waals surface area (Å²) in [5, 5.41) is 0. The van der Waals surface area contributed by atoms with Gasteiger partial charge in [0, 0.05) is 6.42 Å². The molecule has 3 nitrogen and oxygen atoms in total. The summed E-state index contributed by atoms with van der Waals surface area (Å²) in [6.45, 7) is 8.88. The fraction of sp³-hybridized carbons (Fsp3) is 0.889. The topological polar surface area (TPSA) is 43.4 Å². The SMILES string of the molecule is CCCCC(CC)COC(=O)C(=O)CC(CC)CCCC.[H-].[Na+]. The van der Waals surface area contributed by atoms with E-state index in [1.165, 1.54) is 0 Å². The summed E-state index contributed by atoms with van der Waals surface area (Å²) in [5.41, 5.74) is 0. The molecule has 22 heavy (non-hydrogen) atoms. The molecule has 0 aliphatic heterocycles. The van der Waals surface area contributed by atoms with Crippen LogP contribution in [0.15, 0.2) is 0 Å². The van der Waals surface area contributed by atoms with Gasteiger partial charge in [0.25, 0.3) is 0 Å². The van der Waals surface area contributed by atoms with Crippen molar-refractivity contribution in [2.45, 2.75) is 85.5 Å². The van der Waals surface area contributed by atoms with E-state index >= 15 is 0 Å². The van der Waals surface area contributed by atoms with Gasteiger partial charge in [0.15, 0.2) is 0 Å². The van der Waals surface area contributed by atoms with Crippen LogP contribution in [-0.4, -0.2) is 18.4 Å². The van der Waals surface area contributed by atoms with E-state index in [1.54, 1.807) is 0 Å². The van der Waals surface area contributed by atoms with E-state index in [9.17, 15) is 9.59 Å². The number of carbonyl (C=O) groups excluding carboxylic acids is 2. The summed E-state index contributed by atoms with van der Waals surface area (Å²) in [4.78, 5) is 23.7. The minimum atomic E-state index is -0.625. The molecule has 0 rings (SSSR count). The molecule has 0 spiro atoms. The van der Waals surface area contributed by atoms with Crippen LogP contribution in [0.3, 0.4) is 0 Å². The standard InChI is InChI=1S/C18H34O3.Na.H/c1-5-9-11-15(7-3)13-17(19)18(20)21-14-16(8-4)12-10-6-2;;/h15-16H,5-14H2,1-4H3;;/q;+1;-1. The van der Waals surface area contributed by atoms with Crippen molar-refractivity contribution in [3.63, 3.8) is 0 Å². The van der Waals surface area contributed by atoms with Crippen molar-refractivity contribution in [3.05, 3.63) is 0 Å². The first-order valence-electron chi connectivity index (χ1n) is 8.78. The van der Waals surface area contributed by atoms with Crippen LogP contribution in [0.2, 0.25) is 0 Å². The summed E-state index contributed by atoms with van der Waals surface area (Å²) in [7, 11) is 0. The summed E-state index contributed by atoms with van der Waals surface area (Å²) >= 11 is 0. The van der Waals surface area contributed by atoms with Gasteiger partial charge in [0.05, 0.1) is 6.61 Å². The Balaban J connectivity index is -0.00000200. The fourth-order valence-corrected chi connectivity index (χ4v) is 2.46. The Morgan fingerprint density at radius 2 is 1.41 bits per heavy atom. The number of ether oxygens (including phenoxy) is 1. The molecule has 2 unspecified atom stereocenters. The predicted molar refractivity (Wildman–Crippen MR) is 88.3 cm³/mol. The molecule has 0 N–H and O–H groups in total. The molecule has 0 aromatic carbocycles. The number of unbranched alkanes of at least 4 members (excludes halogenated alkanes) is 2. The average molecular weight is 322 g/mol. The largest absolute Gasteiger partial charge is 1.00 e. The number of carbonyl (C=O) groups is 2. The Morgan fingerprint density at radius 3 is 1.86 bits per heavy atom. The number of esters is 1. The minimum Gasteiger partial charge on any atom is -1.00 e. The van der Waals surface area contributed by atoms with E-state index in [0.717, 1.165) is 51.4 Å². The van der Waals surface area contributed by atoms with Gasteiger partial charge in [-0.05, 0) is 18.3 Å². The zero-order valence-electron chi connectivity index (χ0n) is 16.5. The van der Waals surface area contributed by atoms with E-state index in [1.807, 2.05) is 0 Å².